The summed E-state index contributed by atoms with van der Waals surface area (Å²) in [5.41, 5.74) is 0. The van der Waals surface area contributed by atoms with Gasteiger partial charge < -0.3 is 33.8 Å². The zero-order valence-electron chi connectivity index (χ0n) is 71.2. The molecule has 0 saturated carbocycles. The molecule has 0 aromatic carbocycles. The van der Waals surface area contributed by atoms with Crippen LogP contribution in [0.4, 0.5) is 0 Å². The summed E-state index contributed by atoms with van der Waals surface area (Å²) in [5, 5.41) is 10.7. The number of phosphoric ester groups is 2. The van der Waals surface area contributed by atoms with Gasteiger partial charge in [0, 0.05) is 25.7 Å². The van der Waals surface area contributed by atoms with Crippen molar-refractivity contribution in [2.45, 2.75) is 496 Å². The first-order valence-corrected chi connectivity index (χ1v) is 49.1. The summed E-state index contributed by atoms with van der Waals surface area (Å²) >= 11 is 0. The van der Waals surface area contributed by atoms with E-state index in [1.54, 1.807) is 0 Å². The molecule has 0 heterocycles. The summed E-state index contributed by atoms with van der Waals surface area (Å²) in [4.78, 5) is 73.3. The van der Waals surface area contributed by atoms with E-state index < -0.39 is 97.5 Å². The number of hydrogen-bond acceptors (Lipinski definition) is 15. The predicted molar refractivity (Wildman–Crippen MR) is 446 cm³/mol. The fourth-order valence-corrected chi connectivity index (χ4v) is 15.5. The number of aliphatic hydroxyl groups excluding tert-OH is 1. The van der Waals surface area contributed by atoms with Crippen molar-refractivity contribution in [3.63, 3.8) is 0 Å². The zero-order chi connectivity index (χ0) is 79.2. The quantitative estimate of drug-likeness (QED) is 0.0222. The van der Waals surface area contributed by atoms with Gasteiger partial charge in [0.25, 0.3) is 0 Å². The van der Waals surface area contributed by atoms with Crippen LogP contribution in [0.1, 0.15) is 478 Å². The van der Waals surface area contributed by atoms with Gasteiger partial charge in [0.1, 0.15) is 19.3 Å². The number of esters is 4. The lowest BCUT2D eigenvalue weighted by Crippen LogP contribution is -2.30. The first-order chi connectivity index (χ1) is 52.4. The Morgan fingerprint density at radius 2 is 0.444 bits per heavy atom. The van der Waals surface area contributed by atoms with E-state index in [0.717, 1.165) is 102 Å². The van der Waals surface area contributed by atoms with Crippen molar-refractivity contribution in [1.82, 2.24) is 0 Å². The van der Waals surface area contributed by atoms with Gasteiger partial charge in [-0.1, -0.05) is 427 Å². The molecule has 0 aromatic rings. The van der Waals surface area contributed by atoms with Crippen LogP contribution < -0.4 is 0 Å². The highest BCUT2D eigenvalue weighted by molar-refractivity contribution is 7.47. The Bertz CT molecular complexity index is 2070. The number of aliphatic hydroxyl groups is 1. The molecule has 19 heteroatoms. The molecule has 0 amide bonds. The third-order valence-corrected chi connectivity index (χ3v) is 23.6. The van der Waals surface area contributed by atoms with Gasteiger partial charge in [-0.2, -0.15) is 0 Å². The van der Waals surface area contributed by atoms with Crippen LogP contribution in [0.5, 0.6) is 0 Å². The Morgan fingerprint density at radius 3 is 0.657 bits per heavy atom. The number of carbonyl (C=O) groups excluding carboxylic acids is 4. The first kappa shape index (κ1) is 106. The fraction of sp³-hybridized carbons (Fsp3) is 0.955. The van der Waals surface area contributed by atoms with Crippen LogP contribution in [0.15, 0.2) is 0 Å². The summed E-state index contributed by atoms with van der Waals surface area (Å²) in [6, 6.07) is 0. The average molecular weight is 1580 g/mol. The maximum Gasteiger partial charge on any atom is 0.472 e. The van der Waals surface area contributed by atoms with E-state index in [0.29, 0.717) is 25.7 Å². The number of phosphoric acid groups is 2. The Kier molecular flexibility index (Phi) is 78.8. The van der Waals surface area contributed by atoms with Gasteiger partial charge in [-0.15, -0.1) is 0 Å². The monoisotopic (exact) mass is 1580 g/mol. The summed E-state index contributed by atoms with van der Waals surface area (Å²) in [7, 11) is -9.93. The normalized spacial score (nSPS) is 14.3. The highest BCUT2D eigenvalue weighted by Crippen LogP contribution is 2.45. The SMILES string of the molecule is CCCCCCCCCCCCCCCCCCCCCCCC(=O)OC[C@H](COP(=O)(O)OC[C@@H](O)COP(=O)(O)OC[C@@H](COC(=O)CCCCCCCCCCC(C)CC)OC(=O)CCCCCCCCCCCCCCC)OC(=O)CCCCCCCCCCCCCCCCCCCCC(C)CC. The summed E-state index contributed by atoms with van der Waals surface area (Å²) in [6.07, 6.45) is 73.6. The van der Waals surface area contributed by atoms with Crippen LogP contribution >= 0.6 is 15.6 Å². The van der Waals surface area contributed by atoms with Crippen molar-refractivity contribution < 1.29 is 80.2 Å². The van der Waals surface area contributed by atoms with Gasteiger partial charge in [-0.3, -0.25) is 37.3 Å². The molecule has 0 aromatic heterocycles. The van der Waals surface area contributed by atoms with E-state index in [1.165, 1.54) is 295 Å². The molecule has 0 radical (unpaired) electrons. The van der Waals surface area contributed by atoms with Gasteiger partial charge in [0.05, 0.1) is 26.4 Å². The molecule has 7 atom stereocenters. The molecule has 0 saturated heterocycles. The minimum Gasteiger partial charge on any atom is -0.462 e. The number of rotatable bonds is 88. The van der Waals surface area contributed by atoms with E-state index >= 15 is 0 Å². The fourth-order valence-electron chi connectivity index (χ4n) is 13.9. The first-order valence-electron chi connectivity index (χ1n) is 46.1. The van der Waals surface area contributed by atoms with Gasteiger partial charge in [0.2, 0.25) is 0 Å². The number of unbranched alkanes of at least 4 members (excludes halogenated alkanes) is 56. The smallest absolute Gasteiger partial charge is 0.462 e. The molecular formula is C89H174O17P2. The molecule has 0 spiro atoms. The Morgan fingerprint density at radius 1 is 0.259 bits per heavy atom. The lowest BCUT2D eigenvalue weighted by atomic mass is 9.99. The topological polar surface area (TPSA) is 237 Å². The molecule has 0 aliphatic carbocycles. The van der Waals surface area contributed by atoms with Crippen LogP contribution in [0.3, 0.4) is 0 Å². The molecule has 0 bridgehead atoms. The standard InChI is InChI=1S/C89H174O17P2/c1-7-11-13-15-17-19-21-23-24-25-26-27-28-32-35-39-42-46-53-59-65-71-86(91)99-77-84(105-89(94)74-68-62-56-48-44-40-36-33-30-29-31-34-38-41-45-51-57-63-69-81(5)9-3)79-103-107(95,96)101-75-83(90)76-102-108(97,98)104-80-85(78-100-87(92)72-66-60-54-50-49-52-58-64-70-82(6)10-4)106-88(93)73-67-61-55-47-43-37-22-20-18-16-14-12-8-2/h81-85,90H,7-80H2,1-6H3,(H,95,96)(H,97,98)/t81?,82?,83-,84-,85-/m1/s1. The van der Waals surface area contributed by atoms with E-state index in [4.69, 9.17) is 37.0 Å². The second kappa shape index (κ2) is 80.3. The highest BCUT2D eigenvalue weighted by Gasteiger charge is 2.31. The van der Waals surface area contributed by atoms with Crippen LogP contribution in [0, 0.1) is 11.8 Å². The lowest BCUT2D eigenvalue weighted by Gasteiger charge is -2.21. The molecule has 642 valence electrons. The number of carbonyl (C=O) groups is 4. The summed E-state index contributed by atoms with van der Waals surface area (Å²) in [5.74, 6) is -0.450. The molecule has 17 nitrogen and oxygen atoms in total. The van der Waals surface area contributed by atoms with Crippen molar-refractivity contribution in [2.75, 3.05) is 39.6 Å². The average Bonchev–Trinajstić information content (AvgIpc) is 0.901. The van der Waals surface area contributed by atoms with Gasteiger partial charge in [0.15, 0.2) is 12.2 Å². The van der Waals surface area contributed by atoms with Crippen molar-refractivity contribution in [1.29, 1.82) is 0 Å². The number of ether oxygens (including phenoxy) is 4. The van der Waals surface area contributed by atoms with Crippen LogP contribution in [0.2, 0.25) is 0 Å². The zero-order valence-corrected chi connectivity index (χ0v) is 73.0. The molecular weight excluding hydrogens is 1400 g/mol. The third kappa shape index (κ3) is 79.3. The maximum absolute atomic E-state index is 13.2. The third-order valence-electron chi connectivity index (χ3n) is 21.7. The molecule has 3 N–H and O–H groups in total. The van der Waals surface area contributed by atoms with Gasteiger partial charge in [-0.25, -0.2) is 9.13 Å². The lowest BCUT2D eigenvalue weighted by molar-refractivity contribution is -0.161. The maximum atomic E-state index is 13.2. The Balaban J connectivity index is 5.22. The molecule has 0 aliphatic heterocycles. The molecule has 4 unspecified atom stereocenters. The summed E-state index contributed by atoms with van der Waals surface area (Å²) < 4.78 is 69.0. The molecule has 0 fully saturated rings. The minimum atomic E-state index is -4.97. The van der Waals surface area contributed by atoms with E-state index in [9.17, 15) is 43.2 Å². The largest absolute Gasteiger partial charge is 0.472 e. The van der Waals surface area contributed by atoms with Gasteiger partial charge >= 0.3 is 39.5 Å². The molecule has 0 rings (SSSR count). The molecule has 0 aliphatic rings. The van der Waals surface area contributed by atoms with E-state index in [1.807, 2.05) is 0 Å². The number of hydrogen-bond donors (Lipinski definition) is 3. The minimum absolute atomic E-state index is 0.108. The van der Waals surface area contributed by atoms with E-state index in [2.05, 4.69) is 41.5 Å². The Hall–Kier alpha value is -1.94. The van der Waals surface area contributed by atoms with Crippen molar-refractivity contribution in [2.24, 2.45) is 11.8 Å². The highest BCUT2D eigenvalue weighted by atomic mass is 31.2. The summed E-state index contributed by atoms with van der Waals surface area (Å²) in [6.45, 7) is 9.75. The van der Waals surface area contributed by atoms with Crippen molar-refractivity contribution in [3.8, 4) is 0 Å². The van der Waals surface area contributed by atoms with Crippen LogP contribution in [-0.2, 0) is 65.4 Å². The van der Waals surface area contributed by atoms with E-state index in [-0.39, 0.29) is 25.7 Å². The second-order valence-electron chi connectivity index (χ2n) is 32.5. The van der Waals surface area contributed by atoms with Crippen molar-refractivity contribution in [3.05, 3.63) is 0 Å². The van der Waals surface area contributed by atoms with Crippen LogP contribution in [-0.4, -0.2) is 96.7 Å². The second-order valence-corrected chi connectivity index (χ2v) is 35.4. The molecule has 108 heavy (non-hydrogen) atoms. The predicted octanol–water partition coefficient (Wildman–Crippen LogP) is 27.4. The Labute approximate surface area is 664 Å². The van der Waals surface area contributed by atoms with Crippen LogP contribution in [0.25, 0.3) is 0 Å². The van der Waals surface area contributed by atoms with Gasteiger partial charge in [-0.05, 0) is 37.5 Å². The van der Waals surface area contributed by atoms with Crippen molar-refractivity contribution >= 4 is 39.5 Å².